The Hall–Kier alpha value is -1.29. The molecule has 1 fully saturated rings. The number of sulfonamides is 1. The lowest BCUT2D eigenvalue weighted by molar-refractivity contribution is 0.430. The molecule has 0 spiro atoms. The Labute approximate surface area is 143 Å². The normalized spacial score (nSPS) is 25.3. The Bertz CT molecular complexity index is 695. The van der Waals surface area contributed by atoms with E-state index in [9.17, 15) is 8.42 Å². The van der Waals surface area contributed by atoms with Gasteiger partial charge in [-0.15, -0.1) is 0 Å². The molecule has 0 aliphatic carbocycles. The standard InChI is InChI=1S/C15H26N6O2S/c1-11-8-12(19-18-11)9-20(2)15-13-4-6-21(24(3,22)23)7-5-14(13)16-10-17-15/h10-12,18-19H,4-9H2,1-3H3. The minimum absolute atomic E-state index is 0.369. The van der Waals surface area contributed by atoms with Gasteiger partial charge < -0.3 is 4.90 Å². The van der Waals surface area contributed by atoms with E-state index >= 15 is 0 Å². The van der Waals surface area contributed by atoms with Crippen LogP contribution in [0, 0.1) is 0 Å². The summed E-state index contributed by atoms with van der Waals surface area (Å²) in [7, 11) is -1.14. The van der Waals surface area contributed by atoms with Crippen LogP contribution in [0.25, 0.3) is 0 Å². The number of nitrogens with one attached hydrogen (secondary N) is 2. The summed E-state index contributed by atoms with van der Waals surface area (Å²) in [4.78, 5) is 11.0. The summed E-state index contributed by atoms with van der Waals surface area (Å²) in [6.45, 7) is 3.97. The van der Waals surface area contributed by atoms with E-state index in [1.54, 1.807) is 6.33 Å². The lowest BCUT2D eigenvalue weighted by atomic mass is 10.1. The van der Waals surface area contributed by atoms with E-state index in [-0.39, 0.29) is 0 Å². The highest BCUT2D eigenvalue weighted by atomic mass is 32.2. The monoisotopic (exact) mass is 354 g/mol. The van der Waals surface area contributed by atoms with Crippen LogP contribution in [0.5, 0.6) is 0 Å². The van der Waals surface area contributed by atoms with E-state index in [1.807, 2.05) is 7.05 Å². The second-order valence-corrected chi connectivity index (χ2v) is 8.77. The van der Waals surface area contributed by atoms with Crippen molar-refractivity contribution in [1.29, 1.82) is 0 Å². The summed E-state index contributed by atoms with van der Waals surface area (Å²) in [5, 5.41) is 0. The number of rotatable bonds is 4. The van der Waals surface area contributed by atoms with Crippen molar-refractivity contribution in [3.05, 3.63) is 17.6 Å². The van der Waals surface area contributed by atoms with Gasteiger partial charge in [0, 0.05) is 50.7 Å². The van der Waals surface area contributed by atoms with Crippen molar-refractivity contribution in [1.82, 2.24) is 25.1 Å². The van der Waals surface area contributed by atoms with Crippen LogP contribution in [0.15, 0.2) is 6.33 Å². The van der Waals surface area contributed by atoms with Crippen LogP contribution in [0.3, 0.4) is 0 Å². The van der Waals surface area contributed by atoms with Crippen molar-refractivity contribution < 1.29 is 8.42 Å². The van der Waals surface area contributed by atoms with Crippen LogP contribution >= 0.6 is 0 Å². The van der Waals surface area contributed by atoms with Gasteiger partial charge in [0.2, 0.25) is 10.0 Å². The van der Waals surface area contributed by atoms with Gasteiger partial charge in [-0.05, 0) is 19.8 Å². The number of hydrogen-bond acceptors (Lipinski definition) is 7. The number of nitrogens with zero attached hydrogens (tertiary/aromatic N) is 4. The predicted molar refractivity (Wildman–Crippen MR) is 93.3 cm³/mol. The van der Waals surface area contributed by atoms with E-state index in [2.05, 4.69) is 32.6 Å². The van der Waals surface area contributed by atoms with Crippen molar-refractivity contribution >= 4 is 15.8 Å². The molecule has 3 heterocycles. The quantitative estimate of drug-likeness (QED) is 0.755. The first-order valence-electron chi connectivity index (χ1n) is 8.34. The minimum Gasteiger partial charge on any atom is -0.358 e. The summed E-state index contributed by atoms with van der Waals surface area (Å²) in [6, 6.07) is 0.836. The topological polar surface area (TPSA) is 90.5 Å². The third kappa shape index (κ3) is 3.85. The van der Waals surface area contributed by atoms with Gasteiger partial charge in [-0.1, -0.05) is 0 Å². The molecule has 3 rings (SSSR count). The summed E-state index contributed by atoms with van der Waals surface area (Å²) < 4.78 is 25.2. The lowest BCUT2D eigenvalue weighted by Gasteiger charge is -2.24. The van der Waals surface area contributed by atoms with Crippen LogP contribution < -0.4 is 15.8 Å². The Morgan fingerprint density at radius 1 is 1.29 bits per heavy atom. The molecule has 8 nitrogen and oxygen atoms in total. The largest absolute Gasteiger partial charge is 0.358 e. The number of fused-ring (bicyclic) bond motifs is 1. The zero-order valence-corrected chi connectivity index (χ0v) is 15.3. The number of hydrogen-bond donors (Lipinski definition) is 2. The molecule has 1 aromatic heterocycles. The summed E-state index contributed by atoms with van der Waals surface area (Å²) in [5.74, 6) is 0.914. The summed E-state index contributed by atoms with van der Waals surface area (Å²) >= 11 is 0. The molecule has 2 aliphatic rings. The molecular formula is C15H26N6O2S. The summed E-state index contributed by atoms with van der Waals surface area (Å²) in [5.41, 5.74) is 8.58. The molecule has 1 aromatic rings. The van der Waals surface area contributed by atoms with Crippen LogP contribution in [-0.2, 0) is 22.9 Å². The van der Waals surface area contributed by atoms with Crippen molar-refractivity contribution in [2.45, 2.75) is 38.3 Å². The second-order valence-electron chi connectivity index (χ2n) is 6.79. The number of aromatic nitrogens is 2. The molecule has 2 atom stereocenters. The number of anilines is 1. The first-order chi connectivity index (χ1) is 11.3. The maximum atomic E-state index is 11.8. The Kier molecular flexibility index (Phi) is 5.05. The van der Waals surface area contributed by atoms with Crippen molar-refractivity contribution in [3.63, 3.8) is 0 Å². The van der Waals surface area contributed by atoms with Crippen LogP contribution in [0.4, 0.5) is 5.82 Å². The van der Waals surface area contributed by atoms with Gasteiger partial charge in [-0.25, -0.2) is 22.7 Å². The van der Waals surface area contributed by atoms with Gasteiger partial charge in [0.15, 0.2) is 0 Å². The zero-order chi connectivity index (χ0) is 17.3. The van der Waals surface area contributed by atoms with Crippen LogP contribution in [0.2, 0.25) is 0 Å². The average Bonchev–Trinajstić information content (AvgIpc) is 2.79. The van der Waals surface area contributed by atoms with Gasteiger partial charge in [-0.3, -0.25) is 10.9 Å². The fourth-order valence-electron chi connectivity index (χ4n) is 3.49. The molecule has 9 heteroatoms. The fraction of sp³-hybridized carbons (Fsp3) is 0.733. The maximum absolute atomic E-state index is 11.8. The zero-order valence-electron chi connectivity index (χ0n) is 14.5. The molecule has 24 heavy (non-hydrogen) atoms. The van der Waals surface area contributed by atoms with Gasteiger partial charge in [0.1, 0.15) is 12.1 Å². The van der Waals surface area contributed by atoms with Gasteiger partial charge in [0.05, 0.1) is 11.9 Å². The van der Waals surface area contributed by atoms with Crippen molar-refractivity contribution in [2.24, 2.45) is 0 Å². The molecule has 0 aromatic carbocycles. The van der Waals surface area contributed by atoms with E-state index < -0.39 is 10.0 Å². The minimum atomic E-state index is -3.17. The second kappa shape index (κ2) is 6.91. The average molecular weight is 354 g/mol. The first kappa shape index (κ1) is 17.5. The Morgan fingerprint density at radius 2 is 2.04 bits per heavy atom. The Morgan fingerprint density at radius 3 is 2.71 bits per heavy atom. The van der Waals surface area contributed by atoms with E-state index in [0.29, 0.717) is 38.0 Å². The van der Waals surface area contributed by atoms with E-state index in [1.165, 1.54) is 10.6 Å². The number of likely N-dealkylation sites (N-methyl/N-ethyl adjacent to an activating group) is 1. The molecule has 134 valence electrons. The molecule has 0 bridgehead atoms. The maximum Gasteiger partial charge on any atom is 0.211 e. The predicted octanol–water partition coefficient (Wildman–Crippen LogP) is -0.472. The molecule has 1 saturated heterocycles. The first-order valence-corrected chi connectivity index (χ1v) is 10.2. The third-order valence-electron chi connectivity index (χ3n) is 4.72. The third-order valence-corrected chi connectivity index (χ3v) is 6.02. The van der Waals surface area contributed by atoms with Crippen molar-refractivity contribution in [2.75, 3.05) is 37.8 Å². The summed E-state index contributed by atoms with van der Waals surface area (Å²) in [6.07, 6.45) is 5.20. The van der Waals surface area contributed by atoms with Gasteiger partial charge >= 0.3 is 0 Å². The van der Waals surface area contributed by atoms with E-state index in [4.69, 9.17) is 0 Å². The van der Waals surface area contributed by atoms with Gasteiger partial charge in [-0.2, -0.15) is 0 Å². The highest BCUT2D eigenvalue weighted by Gasteiger charge is 2.26. The van der Waals surface area contributed by atoms with E-state index in [0.717, 1.165) is 30.0 Å². The SMILES string of the molecule is CC1CC(CN(C)c2ncnc3c2CCN(S(C)(=O)=O)CC3)NN1. The molecule has 0 amide bonds. The lowest BCUT2D eigenvalue weighted by Crippen LogP contribution is -2.40. The van der Waals surface area contributed by atoms with Crippen LogP contribution in [0.1, 0.15) is 24.6 Å². The fourth-order valence-corrected chi connectivity index (χ4v) is 4.34. The van der Waals surface area contributed by atoms with Crippen molar-refractivity contribution in [3.8, 4) is 0 Å². The van der Waals surface area contributed by atoms with Crippen LogP contribution in [-0.4, -0.2) is 67.7 Å². The molecule has 2 aliphatic heterocycles. The molecule has 0 saturated carbocycles. The smallest absolute Gasteiger partial charge is 0.211 e. The Balaban J connectivity index is 1.77. The molecule has 0 radical (unpaired) electrons. The molecule has 2 unspecified atom stereocenters. The van der Waals surface area contributed by atoms with Gasteiger partial charge in [0.25, 0.3) is 0 Å². The highest BCUT2D eigenvalue weighted by molar-refractivity contribution is 7.88. The molecule has 2 N–H and O–H groups in total. The molecular weight excluding hydrogens is 328 g/mol. The highest BCUT2D eigenvalue weighted by Crippen LogP contribution is 2.24. The number of hydrazine groups is 1.